The summed E-state index contributed by atoms with van der Waals surface area (Å²) in [5, 5.41) is 6.55. The van der Waals surface area contributed by atoms with Crippen LogP contribution in [0.15, 0.2) is 41.4 Å². The Morgan fingerprint density at radius 1 is 1.07 bits per heavy atom. The molecule has 0 bridgehead atoms. The van der Waals surface area contributed by atoms with Gasteiger partial charge in [0, 0.05) is 19.7 Å². The number of methoxy groups -OCH3 is 1. The van der Waals surface area contributed by atoms with Crippen LogP contribution in [0.3, 0.4) is 0 Å². The summed E-state index contributed by atoms with van der Waals surface area (Å²) in [5.41, 5.74) is 2.36. The Balaban J connectivity index is 1.36. The molecule has 0 saturated carbocycles. The molecule has 2 aromatic carbocycles. The second kappa shape index (κ2) is 9.73. The molecule has 3 rings (SSSR count). The van der Waals surface area contributed by atoms with Gasteiger partial charge in [-0.05, 0) is 42.7 Å². The molecule has 0 atom stereocenters. The third-order valence-electron chi connectivity index (χ3n) is 4.41. The number of fused-ring (bicyclic) bond motifs is 1. The van der Waals surface area contributed by atoms with Gasteiger partial charge in [-0.3, -0.25) is 4.99 Å². The van der Waals surface area contributed by atoms with Gasteiger partial charge in [0.25, 0.3) is 0 Å². The van der Waals surface area contributed by atoms with Gasteiger partial charge < -0.3 is 29.6 Å². The number of benzene rings is 2. The summed E-state index contributed by atoms with van der Waals surface area (Å²) in [4.78, 5) is 4.24. The van der Waals surface area contributed by atoms with E-state index in [4.69, 9.17) is 18.9 Å². The molecule has 1 aliphatic rings. The molecule has 0 saturated heterocycles. The number of ether oxygens (including phenoxy) is 4. The van der Waals surface area contributed by atoms with Gasteiger partial charge >= 0.3 is 0 Å². The number of guanidine groups is 1. The first-order valence-electron chi connectivity index (χ1n) is 9.30. The van der Waals surface area contributed by atoms with Crippen LogP contribution >= 0.6 is 0 Å². The van der Waals surface area contributed by atoms with Crippen molar-refractivity contribution in [1.29, 1.82) is 0 Å². The van der Waals surface area contributed by atoms with E-state index in [-0.39, 0.29) is 6.79 Å². The van der Waals surface area contributed by atoms with E-state index in [0.29, 0.717) is 13.2 Å². The van der Waals surface area contributed by atoms with Crippen molar-refractivity contribution < 1.29 is 18.9 Å². The van der Waals surface area contributed by atoms with Crippen molar-refractivity contribution in [2.45, 2.75) is 13.3 Å². The van der Waals surface area contributed by atoms with E-state index in [0.717, 1.165) is 47.5 Å². The predicted molar refractivity (Wildman–Crippen MR) is 109 cm³/mol. The molecule has 7 heteroatoms. The number of nitrogens with one attached hydrogen (secondary N) is 2. The van der Waals surface area contributed by atoms with Crippen molar-refractivity contribution in [2.24, 2.45) is 4.99 Å². The van der Waals surface area contributed by atoms with E-state index in [1.165, 1.54) is 5.56 Å². The fourth-order valence-corrected chi connectivity index (χ4v) is 2.87. The normalized spacial score (nSPS) is 12.6. The zero-order valence-electron chi connectivity index (χ0n) is 16.6. The van der Waals surface area contributed by atoms with Crippen molar-refractivity contribution in [3.05, 3.63) is 47.5 Å². The fourth-order valence-electron chi connectivity index (χ4n) is 2.87. The van der Waals surface area contributed by atoms with E-state index >= 15 is 0 Å². The number of aliphatic imine (C=N–C) groups is 1. The first-order chi connectivity index (χ1) is 13.7. The molecule has 1 aliphatic heterocycles. The van der Waals surface area contributed by atoms with E-state index in [2.05, 4.69) is 33.8 Å². The molecule has 0 aliphatic carbocycles. The SMILES string of the molecule is CN=C(NCCOc1ccc2c(c1)OCO2)NCCc1ccc(C)c(OC)c1. The molecule has 0 amide bonds. The Morgan fingerprint density at radius 2 is 1.89 bits per heavy atom. The number of rotatable bonds is 8. The van der Waals surface area contributed by atoms with Crippen LogP contribution in [-0.2, 0) is 6.42 Å². The van der Waals surface area contributed by atoms with Crippen LogP contribution in [0, 0.1) is 6.92 Å². The topological polar surface area (TPSA) is 73.3 Å². The molecule has 0 radical (unpaired) electrons. The highest BCUT2D eigenvalue weighted by atomic mass is 16.7. The van der Waals surface area contributed by atoms with E-state index in [1.54, 1.807) is 14.2 Å². The molecular formula is C21H27N3O4. The summed E-state index contributed by atoms with van der Waals surface area (Å²) in [6.07, 6.45) is 0.880. The van der Waals surface area contributed by atoms with Gasteiger partial charge in [-0.25, -0.2) is 0 Å². The first kappa shape index (κ1) is 19.7. The maximum atomic E-state index is 5.74. The van der Waals surface area contributed by atoms with Gasteiger partial charge in [0.15, 0.2) is 17.5 Å². The molecule has 0 fully saturated rings. The van der Waals surface area contributed by atoms with Crippen LogP contribution in [0.4, 0.5) is 0 Å². The monoisotopic (exact) mass is 385 g/mol. The molecular weight excluding hydrogens is 358 g/mol. The van der Waals surface area contributed by atoms with E-state index in [9.17, 15) is 0 Å². The van der Waals surface area contributed by atoms with Crippen LogP contribution in [0.25, 0.3) is 0 Å². The van der Waals surface area contributed by atoms with Gasteiger partial charge in [-0.1, -0.05) is 12.1 Å². The third-order valence-corrected chi connectivity index (χ3v) is 4.41. The standard InChI is InChI=1S/C21H27N3O4/c1-15-4-5-16(12-19(15)25-3)8-9-23-21(22-2)24-10-11-26-17-6-7-18-20(13-17)28-14-27-18/h4-7,12-13H,8-11,14H2,1-3H3,(H2,22,23,24). The van der Waals surface area contributed by atoms with Gasteiger partial charge in [0.05, 0.1) is 13.7 Å². The lowest BCUT2D eigenvalue weighted by atomic mass is 10.1. The van der Waals surface area contributed by atoms with Gasteiger partial charge in [-0.2, -0.15) is 0 Å². The Kier molecular flexibility index (Phi) is 6.84. The van der Waals surface area contributed by atoms with Crippen molar-refractivity contribution in [1.82, 2.24) is 10.6 Å². The predicted octanol–water partition coefficient (Wildman–Crippen LogP) is 2.52. The molecule has 2 aromatic rings. The smallest absolute Gasteiger partial charge is 0.231 e. The van der Waals surface area contributed by atoms with Gasteiger partial charge in [0.1, 0.15) is 18.1 Å². The summed E-state index contributed by atoms with van der Waals surface area (Å²) in [7, 11) is 3.45. The quantitative estimate of drug-likeness (QED) is 0.413. The number of hydrogen-bond acceptors (Lipinski definition) is 5. The molecule has 7 nitrogen and oxygen atoms in total. The highest BCUT2D eigenvalue weighted by molar-refractivity contribution is 5.79. The van der Waals surface area contributed by atoms with Gasteiger partial charge in [-0.15, -0.1) is 0 Å². The minimum absolute atomic E-state index is 0.262. The molecule has 0 aromatic heterocycles. The average molecular weight is 385 g/mol. The minimum atomic E-state index is 0.262. The van der Waals surface area contributed by atoms with Crippen molar-refractivity contribution in [3.8, 4) is 23.0 Å². The van der Waals surface area contributed by atoms with E-state index in [1.807, 2.05) is 25.1 Å². The Bertz CT molecular complexity index is 823. The molecule has 28 heavy (non-hydrogen) atoms. The molecule has 1 heterocycles. The summed E-state index contributed by atoms with van der Waals surface area (Å²) in [6.45, 7) is 4.22. The largest absolute Gasteiger partial charge is 0.496 e. The van der Waals surface area contributed by atoms with E-state index < -0.39 is 0 Å². The average Bonchev–Trinajstić information content (AvgIpc) is 3.18. The zero-order chi connectivity index (χ0) is 19.8. The van der Waals surface area contributed by atoms with Crippen molar-refractivity contribution in [2.75, 3.05) is 40.6 Å². The van der Waals surface area contributed by atoms with Crippen LogP contribution in [0.1, 0.15) is 11.1 Å². The summed E-state index contributed by atoms with van der Waals surface area (Å²) >= 11 is 0. The maximum absolute atomic E-state index is 5.74. The highest BCUT2D eigenvalue weighted by Crippen LogP contribution is 2.34. The minimum Gasteiger partial charge on any atom is -0.496 e. The number of hydrogen-bond donors (Lipinski definition) is 2. The lowest BCUT2D eigenvalue weighted by Gasteiger charge is -2.13. The van der Waals surface area contributed by atoms with Crippen molar-refractivity contribution in [3.63, 3.8) is 0 Å². The molecule has 2 N–H and O–H groups in total. The Labute approximate surface area is 165 Å². The highest BCUT2D eigenvalue weighted by Gasteiger charge is 2.13. The first-order valence-corrected chi connectivity index (χ1v) is 9.30. The molecule has 0 unspecified atom stereocenters. The lowest BCUT2D eigenvalue weighted by molar-refractivity contribution is 0.173. The Hall–Kier alpha value is -3.09. The fraction of sp³-hybridized carbons (Fsp3) is 0.381. The Morgan fingerprint density at radius 3 is 2.71 bits per heavy atom. The van der Waals surface area contributed by atoms with Crippen LogP contribution in [-0.4, -0.2) is 46.6 Å². The number of nitrogens with zero attached hydrogens (tertiary/aromatic N) is 1. The van der Waals surface area contributed by atoms with Crippen molar-refractivity contribution >= 4 is 5.96 Å². The summed E-state index contributed by atoms with van der Waals surface area (Å²) in [6, 6.07) is 11.8. The van der Waals surface area contributed by atoms with Crippen LogP contribution in [0.5, 0.6) is 23.0 Å². The van der Waals surface area contributed by atoms with Gasteiger partial charge in [0.2, 0.25) is 6.79 Å². The molecule has 150 valence electrons. The second-order valence-corrected chi connectivity index (χ2v) is 6.34. The second-order valence-electron chi connectivity index (χ2n) is 6.34. The van der Waals surface area contributed by atoms with Crippen LogP contribution in [0.2, 0.25) is 0 Å². The molecule has 0 spiro atoms. The summed E-state index contributed by atoms with van der Waals surface area (Å²) in [5.74, 6) is 3.88. The third kappa shape index (κ3) is 5.22. The maximum Gasteiger partial charge on any atom is 0.231 e. The summed E-state index contributed by atoms with van der Waals surface area (Å²) < 4.78 is 21.8. The zero-order valence-corrected chi connectivity index (χ0v) is 16.6. The van der Waals surface area contributed by atoms with Crippen LogP contribution < -0.4 is 29.6 Å². The lowest BCUT2D eigenvalue weighted by Crippen LogP contribution is -2.40. The number of aryl methyl sites for hydroxylation is 1.